The number of carbonyl (C=O) groups is 2. The number of ether oxygens (including phenoxy) is 1. The van der Waals surface area contributed by atoms with E-state index >= 15 is 0 Å². The topological polar surface area (TPSA) is 97.3 Å². The van der Waals surface area contributed by atoms with Crippen LogP contribution in [0, 0.1) is 0 Å². The summed E-state index contributed by atoms with van der Waals surface area (Å²) in [4.78, 5) is 23.2. The van der Waals surface area contributed by atoms with Crippen LogP contribution in [0.3, 0.4) is 0 Å². The van der Waals surface area contributed by atoms with Crippen LogP contribution >= 0.6 is 0 Å². The molecule has 1 fully saturated rings. The van der Waals surface area contributed by atoms with Gasteiger partial charge in [0.05, 0.1) is 25.0 Å². The van der Waals surface area contributed by atoms with Crippen LogP contribution in [0.2, 0.25) is 0 Å². The van der Waals surface area contributed by atoms with Crippen LogP contribution in [0.4, 0.5) is 5.69 Å². The molecule has 0 atom stereocenters. The summed E-state index contributed by atoms with van der Waals surface area (Å²) in [6.07, 6.45) is 5.28. The van der Waals surface area contributed by atoms with Crippen LogP contribution in [0.5, 0.6) is 0 Å². The quantitative estimate of drug-likeness (QED) is 0.525. The molecule has 8 nitrogen and oxygen atoms in total. The van der Waals surface area contributed by atoms with E-state index in [0.717, 1.165) is 12.8 Å². The molecular weight excluding hydrogens is 274 g/mol. The third kappa shape index (κ3) is 5.92. The maximum absolute atomic E-state index is 11.6. The molecule has 0 radical (unpaired) electrons. The van der Waals surface area contributed by atoms with Gasteiger partial charge in [0, 0.05) is 25.9 Å². The SMILES string of the molecule is COCCNCC(=O)Nc1cnn(CC(=O)NC2CC2)c1. The fraction of sp³-hybridized carbons (Fsp3) is 0.615. The number of rotatable bonds is 9. The number of methoxy groups -OCH3 is 1. The van der Waals surface area contributed by atoms with Gasteiger partial charge < -0.3 is 20.7 Å². The summed E-state index contributed by atoms with van der Waals surface area (Å²) in [6.45, 7) is 1.54. The summed E-state index contributed by atoms with van der Waals surface area (Å²) in [5.41, 5.74) is 0.577. The zero-order chi connectivity index (χ0) is 15.1. The number of amides is 2. The molecule has 1 saturated carbocycles. The second-order valence-corrected chi connectivity index (χ2v) is 4.99. The lowest BCUT2D eigenvalue weighted by Gasteiger charge is -2.04. The van der Waals surface area contributed by atoms with Crippen molar-refractivity contribution in [2.75, 3.05) is 32.1 Å². The number of hydrogen-bond acceptors (Lipinski definition) is 5. The van der Waals surface area contributed by atoms with Crippen molar-refractivity contribution < 1.29 is 14.3 Å². The summed E-state index contributed by atoms with van der Waals surface area (Å²) in [7, 11) is 1.61. The van der Waals surface area contributed by atoms with E-state index in [9.17, 15) is 9.59 Å². The van der Waals surface area contributed by atoms with Gasteiger partial charge in [-0.05, 0) is 12.8 Å². The zero-order valence-corrected chi connectivity index (χ0v) is 12.1. The molecule has 0 aromatic carbocycles. The molecule has 2 rings (SSSR count). The van der Waals surface area contributed by atoms with Gasteiger partial charge in [-0.3, -0.25) is 14.3 Å². The van der Waals surface area contributed by atoms with Crippen molar-refractivity contribution in [2.24, 2.45) is 0 Å². The van der Waals surface area contributed by atoms with Gasteiger partial charge in [-0.2, -0.15) is 5.10 Å². The lowest BCUT2D eigenvalue weighted by molar-refractivity contribution is -0.122. The number of anilines is 1. The first-order valence-corrected chi connectivity index (χ1v) is 6.98. The minimum Gasteiger partial charge on any atom is -0.383 e. The Morgan fingerprint density at radius 2 is 2.24 bits per heavy atom. The van der Waals surface area contributed by atoms with Gasteiger partial charge in [-0.15, -0.1) is 0 Å². The van der Waals surface area contributed by atoms with Gasteiger partial charge in [0.25, 0.3) is 0 Å². The monoisotopic (exact) mass is 295 g/mol. The third-order valence-electron chi connectivity index (χ3n) is 2.93. The number of aromatic nitrogens is 2. The van der Waals surface area contributed by atoms with Gasteiger partial charge >= 0.3 is 0 Å². The molecule has 0 spiro atoms. The fourth-order valence-electron chi connectivity index (χ4n) is 1.74. The summed E-state index contributed by atoms with van der Waals surface area (Å²) in [5, 5.41) is 12.6. The Morgan fingerprint density at radius 3 is 2.95 bits per heavy atom. The van der Waals surface area contributed by atoms with E-state index in [-0.39, 0.29) is 24.9 Å². The molecule has 1 aliphatic rings. The van der Waals surface area contributed by atoms with E-state index in [1.807, 2.05) is 0 Å². The highest BCUT2D eigenvalue weighted by atomic mass is 16.5. The van der Waals surface area contributed by atoms with E-state index in [0.29, 0.717) is 24.9 Å². The van der Waals surface area contributed by atoms with Crippen molar-refractivity contribution in [1.82, 2.24) is 20.4 Å². The molecule has 116 valence electrons. The van der Waals surface area contributed by atoms with E-state index in [1.165, 1.54) is 10.9 Å². The highest BCUT2D eigenvalue weighted by molar-refractivity contribution is 5.92. The standard InChI is InChI=1S/C13H21N5O3/c1-21-5-4-14-7-12(19)17-11-6-15-18(8-11)9-13(20)16-10-2-3-10/h6,8,10,14H,2-5,7,9H2,1H3,(H,16,20)(H,17,19). The molecule has 0 aliphatic heterocycles. The summed E-state index contributed by atoms with van der Waals surface area (Å²) < 4.78 is 6.37. The minimum atomic E-state index is -0.159. The molecule has 3 N–H and O–H groups in total. The predicted octanol–water partition coefficient (Wildman–Crippen LogP) is -0.664. The third-order valence-corrected chi connectivity index (χ3v) is 2.93. The van der Waals surface area contributed by atoms with Crippen molar-refractivity contribution in [3.63, 3.8) is 0 Å². The number of carbonyl (C=O) groups excluding carboxylic acids is 2. The van der Waals surface area contributed by atoms with Crippen LogP contribution in [0.1, 0.15) is 12.8 Å². The zero-order valence-electron chi connectivity index (χ0n) is 12.1. The molecule has 1 aromatic rings. The molecule has 1 aromatic heterocycles. The average Bonchev–Trinajstić information content (AvgIpc) is 3.14. The van der Waals surface area contributed by atoms with Crippen LogP contribution in [0.15, 0.2) is 12.4 Å². The van der Waals surface area contributed by atoms with E-state index in [2.05, 4.69) is 21.0 Å². The van der Waals surface area contributed by atoms with Gasteiger partial charge in [0.1, 0.15) is 6.54 Å². The Bertz CT molecular complexity index is 484. The predicted molar refractivity (Wildman–Crippen MR) is 76.8 cm³/mol. The van der Waals surface area contributed by atoms with Crippen molar-refractivity contribution in [3.8, 4) is 0 Å². The highest BCUT2D eigenvalue weighted by Crippen LogP contribution is 2.18. The first-order valence-electron chi connectivity index (χ1n) is 6.98. The van der Waals surface area contributed by atoms with E-state index in [1.54, 1.807) is 13.3 Å². The number of nitrogens with zero attached hydrogens (tertiary/aromatic N) is 2. The Labute approximate surface area is 123 Å². The fourth-order valence-corrected chi connectivity index (χ4v) is 1.74. The molecule has 2 amide bonds. The Morgan fingerprint density at radius 1 is 1.43 bits per heavy atom. The van der Waals surface area contributed by atoms with E-state index in [4.69, 9.17) is 4.74 Å². The number of nitrogens with one attached hydrogen (secondary N) is 3. The van der Waals surface area contributed by atoms with Crippen molar-refractivity contribution in [3.05, 3.63) is 12.4 Å². The maximum atomic E-state index is 11.6. The normalized spacial score (nSPS) is 14.0. The highest BCUT2D eigenvalue weighted by Gasteiger charge is 2.23. The Kier molecular flexibility index (Phi) is 5.70. The molecule has 0 unspecified atom stereocenters. The molecule has 0 bridgehead atoms. The van der Waals surface area contributed by atoms with Crippen molar-refractivity contribution >= 4 is 17.5 Å². The summed E-state index contributed by atoms with van der Waals surface area (Å²) in [6, 6.07) is 0.338. The van der Waals surface area contributed by atoms with Crippen LogP contribution in [-0.4, -0.2) is 54.4 Å². The Hall–Kier alpha value is -1.93. The molecule has 1 heterocycles. The van der Waals surface area contributed by atoms with Gasteiger partial charge in [0.2, 0.25) is 11.8 Å². The lowest BCUT2D eigenvalue weighted by Crippen LogP contribution is -2.30. The average molecular weight is 295 g/mol. The number of hydrogen-bond donors (Lipinski definition) is 3. The molecular formula is C13H21N5O3. The van der Waals surface area contributed by atoms with Crippen molar-refractivity contribution in [2.45, 2.75) is 25.4 Å². The van der Waals surface area contributed by atoms with E-state index < -0.39 is 0 Å². The first-order chi connectivity index (χ1) is 10.2. The van der Waals surface area contributed by atoms with Crippen LogP contribution in [-0.2, 0) is 20.9 Å². The molecule has 21 heavy (non-hydrogen) atoms. The molecule has 1 aliphatic carbocycles. The van der Waals surface area contributed by atoms with Crippen molar-refractivity contribution in [1.29, 1.82) is 0 Å². The van der Waals surface area contributed by atoms with Gasteiger partial charge in [-0.25, -0.2) is 0 Å². The smallest absolute Gasteiger partial charge is 0.241 e. The first kappa shape index (κ1) is 15.5. The second-order valence-electron chi connectivity index (χ2n) is 4.99. The molecule has 0 saturated heterocycles. The second kappa shape index (κ2) is 7.75. The minimum absolute atomic E-state index is 0.0558. The Balaban J connectivity index is 1.69. The van der Waals surface area contributed by atoms with Crippen LogP contribution in [0.25, 0.3) is 0 Å². The van der Waals surface area contributed by atoms with Gasteiger partial charge in [-0.1, -0.05) is 0 Å². The largest absolute Gasteiger partial charge is 0.383 e. The van der Waals surface area contributed by atoms with Gasteiger partial charge in [0.15, 0.2) is 0 Å². The van der Waals surface area contributed by atoms with Crippen LogP contribution < -0.4 is 16.0 Å². The summed E-state index contributed by atoms with van der Waals surface area (Å²) >= 11 is 0. The maximum Gasteiger partial charge on any atom is 0.241 e. The summed E-state index contributed by atoms with van der Waals surface area (Å²) in [5.74, 6) is -0.215. The molecule has 8 heteroatoms. The lowest BCUT2D eigenvalue weighted by atomic mass is 10.5.